The number of alkyl halides is 1. The zero-order valence-electron chi connectivity index (χ0n) is 9.22. The smallest absolute Gasteiger partial charge is 0.128 e. The van der Waals surface area contributed by atoms with Crippen LogP contribution in [0.3, 0.4) is 0 Å². The first-order valence-corrected chi connectivity index (χ1v) is 7.51. The maximum atomic E-state index is 13.9. The van der Waals surface area contributed by atoms with Crippen molar-refractivity contribution in [1.82, 2.24) is 0 Å². The maximum Gasteiger partial charge on any atom is 0.128 e. The molecule has 1 aliphatic heterocycles. The molecule has 1 saturated heterocycles. The highest BCUT2D eigenvalue weighted by molar-refractivity contribution is 9.10. The van der Waals surface area contributed by atoms with Gasteiger partial charge < -0.3 is 4.74 Å². The number of benzene rings is 1. The third-order valence-corrected chi connectivity index (χ3v) is 5.21. The topological polar surface area (TPSA) is 9.23 Å². The van der Waals surface area contributed by atoms with Gasteiger partial charge in [0.2, 0.25) is 0 Å². The molecule has 0 saturated carbocycles. The highest BCUT2D eigenvalue weighted by Gasteiger charge is 2.30. The molecule has 2 rings (SSSR count). The monoisotopic (exact) mass is 384 g/mol. The van der Waals surface area contributed by atoms with Gasteiger partial charge >= 0.3 is 0 Å². The summed E-state index contributed by atoms with van der Waals surface area (Å²) >= 11 is 12.7. The summed E-state index contributed by atoms with van der Waals surface area (Å²) in [6, 6.07) is 3.04. The second-order valence-corrected chi connectivity index (χ2v) is 6.50. The van der Waals surface area contributed by atoms with Crippen LogP contribution in [0.25, 0.3) is 0 Å². The Morgan fingerprint density at radius 3 is 2.76 bits per heavy atom. The third-order valence-electron chi connectivity index (χ3n) is 2.93. The van der Waals surface area contributed by atoms with Crippen LogP contribution in [0.4, 0.5) is 4.39 Å². The van der Waals surface area contributed by atoms with Crippen molar-refractivity contribution < 1.29 is 9.13 Å². The van der Waals surface area contributed by atoms with Gasteiger partial charge in [-0.25, -0.2) is 4.39 Å². The van der Waals surface area contributed by atoms with Crippen molar-refractivity contribution in [3.63, 3.8) is 0 Å². The number of rotatable bonds is 2. The SMILES string of the molecule is CC1CCC(C(Br)c2cc(Cl)c(Br)cc2F)O1. The molecular weight excluding hydrogens is 374 g/mol. The lowest BCUT2D eigenvalue weighted by atomic mass is 10.0. The molecule has 1 fully saturated rings. The Balaban J connectivity index is 2.24. The molecule has 0 bridgehead atoms. The normalized spacial score (nSPS) is 26.2. The summed E-state index contributed by atoms with van der Waals surface area (Å²) < 4.78 is 20.2. The van der Waals surface area contributed by atoms with E-state index in [1.807, 2.05) is 6.92 Å². The summed E-state index contributed by atoms with van der Waals surface area (Å²) in [5.74, 6) is -0.272. The van der Waals surface area contributed by atoms with Gasteiger partial charge in [0.05, 0.1) is 22.1 Å². The van der Waals surface area contributed by atoms with E-state index in [0.717, 1.165) is 12.8 Å². The quantitative estimate of drug-likeness (QED) is 0.499. The molecule has 0 aliphatic carbocycles. The van der Waals surface area contributed by atoms with Crippen molar-refractivity contribution >= 4 is 43.5 Å². The van der Waals surface area contributed by atoms with E-state index in [4.69, 9.17) is 16.3 Å². The number of halogens is 4. The zero-order valence-corrected chi connectivity index (χ0v) is 13.1. The fourth-order valence-electron chi connectivity index (χ4n) is 2.00. The molecule has 3 unspecified atom stereocenters. The van der Waals surface area contributed by atoms with Crippen molar-refractivity contribution in [1.29, 1.82) is 0 Å². The second-order valence-electron chi connectivity index (χ2n) is 4.25. The molecule has 0 amide bonds. The van der Waals surface area contributed by atoms with E-state index in [9.17, 15) is 4.39 Å². The van der Waals surface area contributed by atoms with Crippen LogP contribution < -0.4 is 0 Å². The molecular formula is C12H12Br2ClFO. The highest BCUT2D eigenvalue weighted by Crippen LogP contribution is 2.39. The van der Waals surface area contributed by atoms with Gasteiger partial charge in [0.15, 0.2) is 0 Å². The summed E-state index contributed by atoms with van der Waals surface area (Å²) in [7, 11) is 0. The van der Waals surface area contributed by atoms with Crippen molar-refractivity contribution in [3.05, 3.63) is 33.0 Å². The molecule has 1 aliphatic rings. The Morgan fingerprint density at radius 2 is 2.18 bits per heavy atom. The van der Waals surface area contributed by atoms with E-state index in [0.29, 0.717) is 15.1 Å². The summed E-state index contributed by atoms with van der Waals surface area (Å²) in [6.45, 7) is 2.03. The Morgan fingerprint density at radius 1 is 1.47 bits per heavy atom. The summed E-state index contributed by atoms with van der Waals surface area (Å²) in [5, 5.41) is 0.511. The Bertz CT molecular complexity index is 427. The van der Waals surface area contributed by atoms with Crippen molar-refractivity contribution in [2.24, 2.45) is 0 Å². The second kappa shape index (κ2) is 5.55. The van der Waals surface area contributed by atoms with Crippen molar-refractivity contribution in [2.45, 2.75) is 36.8 Å². The molecule has 17 heavy (non-hydrogen) atoms. The zero-order chi connectivity index (χ0) is 12.6. The fraction of sp³-hybridized carbons (Fsp3) is 0.500. The van der Waals surface area contributed by atoms with Crippen LogP contribution in [0, 0.1) is 5.82 Å². The summed E-state index contributed by atoms with van der Waals surface area (Å²) in [6.07, 6.45) is 2.20. The minimum absolute atomic E-state index is 0.0109. The highest BCUT2D eigenvalue weighted by atomic mass is 79.9. The molecule has 1 aromatic carbocycles. The van der Waals surface area contributed by atoms with Crippen LogP contribution >= 0.6 is 43.5 Å². The molecule has 5 heteroatoms. The molecule has 3 atom stereocenters. The number of hydrogen-bond donors (Lipinski definition) is 0. The predicted octanol–water partition coefficient (Wildman–Crippen LogP) is 5.25. The first-order chi connectivity index (χ1) is 7.99. The fourth-order valence-corrected chi connectivity index (χ4v) is 3.23. The minimum Gasteiger partial charge on any atom is -0.374 e. The third kappa shape index (κ3) is 3.03. The lowest BCUT2D eigenvalue weighted by molar-refractivity contribution is 0.0552. The van der Waals surface area contributed by atoms with Gasteiger partial charge in [-0.05, 0) is 47.8 Å². The van der Waals surface area contributed by atoms with Crippen LogP contribution in [0.5, 0.6) is 0 Å². The van der Waals surface area contributed by atoms with Gasteiger partial charge in [-0.3, -0.25) is 0 Å². The molecule has 0 radical (unpaired) electrons. The Labute approximate surface area is 122 Å². The van der Waals surface area contributed by atoms with Gasteiger partial charge in [0, 0.05) is 10.0 Å². The van der Waals surface area contributed by atoms with E-state index < -0.39 is 0 Å². The molecule has 1 nitrogen and oxygen atoms in total. The average Bonchev–Trinajstić information content (AvgIpc) is 2.69. The molecule has 0 N–H and O–H groups in total. The Kier molecular flexibility index (Phi) is 4.50. The van der Waals surface area contributed by atoms with Gasteiger partial charge in [0.1, 0.15) is 5.82 Å². The number of hydrogen-bond acceptors (Lipinski definition) is 1. The maximum absolute atomic E-state index is 13.9. The van der Waals surface area contributed by atoms with E-state index in [1.165, 1.54) is 6.07 Å². The Hall–Kier alpha value is 0.360. The van der Waals surface area contributed by atoms with Gasteiger partial charge in [-0.15, -0.1) is 0 Å². The largest absolute Gasteiger partial charge is 0.374 e. The van der Waals surface area contributed by atoms with Crippen LogP contribution in [-0.4, -0.2) is 12.2 Å². The standard InChI is InChI=1S/C12H12Br2ClFO/c1-6-2-3-11(17-6)12(14)7-4-9(15)8(13)5-10(7)16/h4-6,11-12H,2-3H2,1H3. The summed E-state index contributed by atoms with van der Waals surface area (Å²) in [5.41, 5.74) is 0.553. The van der Waals surface area contributed by atoms with E-state index in [-0.39, 0.29) is 22.9 Å². The van der Waals surface area contributed by atoms with Crippen LogP contribution in [0.15, 0.2) is 16.6 Å². The van der Waals surface area contributed by atoms with Crippen LogP contribution in [-0.2, 0) is 4.74 Å². The molecule has 0 aromatic heterocycles. The molecule has 94 valence electrons. The number of ether oxygens (including phenoxy) is 1. The molecule has 0 spiro atoms. The van der Waals surface area contributed by atoms with Crippen LogP contribution in [0.1, 0.15) is 30.2 Å². The summed E-state index contributed by atoms with van der Waals surface area (Å²) in [4.78, 5) is -0.155. The minimum atomic E-state index is -0.272. The first kappa shape index (κ1) is 13.8. The van der Waals surface area contributed by atoms with Gasteiger partial charge in [-0.1, -0.05) is 27.5 Å². The van der Waals surface area contributed by atoms with Gasteiger partial charge in [0.25, 0.3) is 0 Å². The van der Waals surface area contributed by atoms with Crippen LogP contribution in [0.2, 0.25) is 5.02 Å². The molecule has 1 aromatic rings. The lowest BCUT2D eigenvalue weighted by Crippen LogP contribution is -2.15. The lowest BCUT2D eigenvalue weighted by Gasteiger charge is -2.19. The first-order valence-electron chi connectivity index (χ1n) is 5.43. The molecule has 1 heterocycles. The van der Waals surface area contributed by atoms with E-state index in [1.54, 1.807) is 6.07 Å². The predicted molar refractivity (Wildman–Crippen MR) is 74.3 cm³/mol. The van der Waals surface area contributed by atoms with E-state index in [2.05, 4.69) is 31.9 Å². The van der Waals surface area contributed by atoms with Crippen molar-refractivity contribution in [2.75, 3.05) is 0 Å². The van der Waals surface area contributed by atoms with Crippen molar-refractivity contribution in [3.8, 4) is 0 Å². The average molecular weight is 386 g/mol. The van der Waals surface area contributed by atoms with Gasteiger partial charge in [-0.2, -0.15) is 0 Å². The van der Waals surface area contributed by atoms with E-state index >= 15 is 0 Å².